The lowest BCUT2D eigenvalue weighted by atomic mass is 10.2. The highest BCUT2D eigenvalue weighted by Crippen LogP contribution is 2.16. The lowest BCUT2D eigenvalue weighted by Crippen LogP contribution is -2.37. The Morgan fingerprint density at radius 1 is 1.32 bits per heavy atom. The summed E-state index contributed by atoms with van der Waals surface area (Å²) in [7, 11) is -3.17. The van der Waals surface area contributed by atoms with E-state index in [0.29, 0.717) is 5.82 Å². The van der Waals surface area contributed by atoms with Crippen molar-refractivity contribution in [3.05, 3.63) is 54.2 Å². The SMILES string of the molecule is O=C(Cn1ccnc1-c1ccccc1)N[C@@H]1C=CS(=O)(=O)C1. The normalized spacial score (nSPS) is 19.2. The molecule has 114 valence electrons. The number of imidazole rings is 1. The lowest BCUT2D eigenvalue weighted by molar-refractivity contribution is -0.121. The number of hydrogen-bond acceptors (Lipinski definition) is 4. The third kappa shape index (κ3) is 3.25. The maximum atomic E-state index is 12.1. The van der Waals surface area contributed by atoms with Gasteiger partial charge in [-0.05, 0) is 6.08 Å². The minimum atomic E-state index is -3.17. The van der Waals surface area contributed by atoms with Crippen LogP contribution in [0.3, 0.4) is 0 Å². The van der Waals surface area contributed by atoms with Gasteiger partial charge < -0.3 is 9.88 Å². The first kappa shape index (κ1) is 14.5. The molecule has 1 aliphatic rings. The Morgan fingerprint density at radius 2 is 2.09 bits per heavy atom. The van der Waals surface area contributed by atoms with Crippen LogP contribution in [0, 0.1) is 0 Å². The van der Waals surface area contributed by atoms with E-state index in [1.54, 1.807) is 17.0 Å². The Bertz CT molecular complexity index is 810. The highest BCUT2D eigenvalue weighted by atomic mass is 32.2. The van der Waals surface area contributed by atoms with E-state index in [4.69, 9.17) is 0 Å². The molecule has 0 unspecified atom stereocenters. The van der Waals surface area contributed by atoms with Crippen molar-refractivity contribution in [1.29, 1.82) is 0 Å². The van der Waals surface area contributed by atoms with Gasteiger partial charge in [-0.2, -0.15) is 0 Å². The summed E-state index contributed by atoms with van der Waals surface area (Å²) >= 11 is 0. The summed E-state index contributed by atoms with van der Waals surface area (Å²) in [6, 6.07) is 9.11. The molecule has 1 aliphatic heterocycles. The van der Waals surface area contributed by atoms with E-state index in [0.717, 1.165) is 11.0 Å². The number of hydrogen-bond donors (Lipinski definition) is 1. The van der Waals surface area contributed by atoms with Crippen LogP contribution in [0.4, 0.5) is 0 Å². The molecule has 0 bridgehead atoms. The van der Waals surface area contributed by atoms with Crippen LogP contribution in [0.2, 0.25) is 0 Å². The molecule has 1 aromatic heterocycles. The summed E-state index contributed by atoms with van der Waals surface area (Å²) in [5, 5.41) is 3.84. The Kier molecular flexibility index (Phi) is 3.81. The van der Waals surface area contributed by atoms with Gasteiger partial charge in [-0.15, -0.1) is 0 Å². The lowest BCUT2D eigenvalue weighted by Gasteiger charge is -2.12. The zero-order valence-electron chi connectivity index (χ0n) is 11.7. The van der Waals surface area contributed by atoms with Crippen LogP contribution in [0.25, 0.3) is 11.4 Å². The molecular formula is C15H15N3O3S. The summed E-state index contributed by atoms with van der Waals surface area (Å²) in [5.41, 5.74) is 0.920. The predicted molar refractivity (Wildman–Crippen MR) is 82.5 cm³/mol. The molecule has 1 amide bonds. The van der Waals surface area contributed by atoms with E-state index < -0.39 is 15.9 Å². The first-order chi connectivity index (χ1) is 10.5. The maximum Gasteiger partial charge on any atom is 0.240 e. The van der Waals surface area contributed by atoms with Gasteiger partial charge in [-0.1, -0.05) is 30.3 Å². The highest BCUT2D eigenvalue weighted by molar-refractivity contribution is 7.94. The number of aromatic nitrogens is 2. The summed E-state index contributed by atoms with van der Waals surface area (Å²) in [6.07, 6.45) is 4.86. The third-order valence-electron chi connectivity index (χ3n) is 3.34. The zero-order valence-corrected chi connectivity index (χ0v) is 12.5. The van der Waals surface area contributed by atoms with Crippen molar-refractivity contribution < 1.29 is 13.2 Å². The average molecular weight is 317 g/mol. The van der Waals surface area contributed by atoms with E-state index in [1.165, 1.54) is 6.08 Å². The van der Waals surface area contributed by atoms with Crippen molar-refractivity contribution in [3.63, 3.8) is 0 Å². The van der Waals surface area contributed by atoms with Gasteiger partial charge in [0.05, 0.1) is 11.8 Å². The fraction of sp³-hybridized carbons (Fsp3) is 0.200. The second-order valence-electron chi connectivity index (χ2n) is 5.08. The molecule has 7 heteroatoms. The molecule has 1 N–H and O–H groups in total. The molecular weight excluding hydrogens is 302 g/mol. The minimum Gasteiger partial charge on any atom is -0.347 e. The molecule has 2 heterocycles. The Morgan fingerprint density at radius 3 is 2.77 bits per heavy atom. The standard InChI is InChI=1S/C15H15N3O3S/c19-14(17-13-6-9-22(20,21)11-13)10-18-8-7-16-15(18)12-4-2-1-3-5-12/h1-9,13H,10-11H2,(H,17,19)/t13-/m1/s1. The maximum absolute atomic E-state index is 12.1. The van der Waals surface area contributed by atoms with Crippen molar-refractivity contribution >= 4 is 15.7 Å². The van der Waals surface area contributed by atoms with Crippen LogP contribution in [0.15, 0.2) is 54.2 Å². The molecule has 22 heavy (non-hydrogen) atoms. The molecule has 0 spiro atoms. The zero-order chi connectivity index (χ0) is 15.6. The number of carbonyl (C=O) groups is 1. The Balaban J connectivity index is 1.68. The average Bonchev–Trinajstić information content (AvgIpc) is 3.06. The third-order valence-corrected chi connectivity index (χ3v) is 4.73. The van der Waals surface area contributed by atoms with Gasteiger partial charge >= 0.3 is 0 Å². The van der Waals surface area contributed by atoms with E-state index in [1.807, 2.05) is 30.3 Å². The first-order valence-electron chi connectivity index (χ1n) is 6.80. The number of sulfone groups is 1. The minimum absolute atomic E-state index is 0.0752. The number of benzene rings is 1. The molecule has 6 nitrogen and oxygen atoms in total. The highest BCUT2D eigenvalue weighted by Gasteiger charge is 2.23. The van der Waals surface area contributed by atoms with Crippen molar-refractivity contribution in [1.82, 2.24) is 14.9 Å². The van der Waals surface area contributed by atoms with Crippen molar-refractivity contribution in [3.8, 4) is 11.4 Å². The second kappa shape index (κ2) is 5.76. The predicted octanol–water partition coefficient (Wildman–Crippen LogP) is 0.977. The van der Waals surface area contributed by atoms with Gasteiger partial charge in [-0.25, -0.2) is 13.4 Å². The van der Waals surface area contributed by atoms with Gasteiger partial charge in [0, 0.05) is 23.4 Å². The topological polar surface area (TPSA) is 81.1 Å². The Labute approximate surface area is 128 Å². The number of nitrogens with one attached hydrogen (secondary N) is 1. The number of rotatable bonds is 4. The molecule has 0 radical (unpaired) electrons. The summed E-state index contributed by atoms with van der Waals surface area (Å²) in [4.78, 5) is 16.3. The molecule has 3 rings (SSSR count). The van der Waals surface area contributed by atoms with Gasteiger partial charge in [0.1, 0.15) is 12.4 Å². The van der Waals surface area contributed by atoms with Crippen LogP contribution in [-0.2, 0) is 21.2 Å². The fourth-order valence-electron chi connectivity index (χ4n) is 2.36. The van der Waals surface area contributed by atoms with Crippen LogP contribution in [0.1, 0.15) is 0 Å². The van der Waals surface area contributed by atoms with E-state index in [-0.39, 0.29) is 18.2 Å². The molecule has 0 saturated heterocycles. The van der Waals surface area contributed by atoms with Crippen LogP contribution >= 0.6 is 0 Å². The van der Waals surface area contributed by atoms with Gasteiger partial charge in [0.25, 0.3) is 0 Å². The van der Waals surface area contributed by atoms with Crippen LogP contribution in [-0.4, -0.2) is 35.7 Å². The second-order valence-corrected chi connectivity index (χ2v) is 7.01. The Hall–Kier alpha value is -2.41. The molecule has 0 saturated carbocycles. The monoisotopic (exact) mass is 317 g/mol. The molecule has 0 fully saturated rings. The molecule has 1 atom stereocenters. The number of nitrogens with zero attached hydrogens (tertiary/aromatic N) is 2. The molecule has 2 aromatic rings. The fourth-order valence-corrected chi connectivity index (χ4v) is 3.59. The quantitative estimate of drug-likeness (QED) is 0.911. The van der Waals surface area contributed by atoms with Gasteiger partial charge in [0.2, 0.25) is 5.91 Å². The first-order valence-corrected chi connectivity index (χ1v) is 8.52. The number of carbonyl (C=O) groups excluding carboxylic acids is 1. The van der Waals surface area contributed by atoms with Crippen LogP contribution < -0.4 is 5.32 Å². The summed E-state index contributed by atoms with van der Waals surface area (Å²) in [6.45, 7) is 0.0919. The van der Waals surface area contributed by atoms with Crippen molar-refractivity contribution in [2.24, 2.45) is 0 Å². The number of amides is 1. The van der Waals surface area contributed by atoms with Crippen molar-refractivity contribution in [2.45, 2.75) is 12.6 Å². The van der Waals surface area contributed by atoms with E-state index in [9.17, 15) is 13.2 Å². The van der Waals surface area contributed by atoms with E-state index >= 15 is 0 Å². The summed E-state index contributed by atoms with van der Waals surface area (Å²) < 4.78 is 24.4. The smallest absolute Gasteiger partial charge is 0.240 e. The van der Waals surface area contributed by atoms with Gasteiger partial charge in [-0.3, -0.25) is 4.79 Å². The van der Waals surface area contributed by atoms with Crippen LogP contribution in [0.5, 0.6) is 0 Å². The van der Waals surface area contributed by atoms with E-state index in [2.05, 4.69) is 10.3 Å². The molecule has 0 aliphatic carbocycles. The summed E-state index contributed by atoms with van der Waals surface area (Å²) in [5.74, 6) is 0.376. The molecule has 1 aromatic carbocycles. The largest absolute Gasteiger partial charge is 0.347 e. The van der Waals surface area contributed by atoms with Gasteiger partial charge in [0.15, 0.2) is 9.84 Å². The van der Waals surface area contributed by atoms with Crippen molar-refractivity contribution in [2.75, 3.05) is 5.75 Å².